The van der Waals surface area contributed by atoms with Crippen molar-refractivity contribution in [2.45, 2.75) is 22.0 Å². The van der Waals surface area contributed by atoms with Gasteiger partial charge >= 0.3 is 23.1 Å². The van der Waals surface area contributed by atoms with Crippen molar-refractivity contribution < 1.29 is 45.7 Å². The van der Waals surface area contributed by atoms with Crippen LogP contribution >= 0.6 is 11.8 Å². The Morgan fingerprint density at radius 3 is 2.00 bits per heavy atom. The SMILES string of the molecule is COC(=O)C(Sc1ccc(O)cc1OC)(C(F)(F)F)C(F)(F)F. The Labute approximate surface area is 130 Å². The molecule has 0 spiro atoms. The summed E-state index contributed by atoms with van der Waals surface area (Å²) in [5, 5.41) is 9.22. The van der Waals surface area contributed by atoms with E-state index in [0.717, 1.165) is 25.3 Å². The smallest absolute Gasteiger partial charge is 0.423 e. The van der Waals surface area contributed by atoms with Crippen molar-refractivity contribution in [3.8, 4) is 11.5 Å². The predicted molar refractivity (Wildman–Crippen MR) is 67.4 cm³/mol. The van der Waals surface area contributed by atoms with Crippen molar-refractivity contribution >= 4 is 17.7 Å². The van der Waals surface area contributed by atoms with Crippen LogP contribution in [-0.4, -0.2) is 42.4 Å². The van der Waals surface area contributed by atoms with E-state index in [1.165, 1.54) is 0 Å². The first-order chi connectivity index (χ1) is 10.4. The third kappa shape index (κ3) is 3.43. The molecule has 0 aliphatic heterocycles. The van der Waals surface area contributed by atoms with E-state index in [-0.39, 0.29) is 0 Å². The summed E-state index contributed by atoms with van der Waals surface area (Å²) < 4.78 is 82.6. The number of alkyl halides is 6. The Morgan fingerprint density at radius 1 is 1.09 bits per heavy atom. The molecule has 0 bridgehead atoms. The summed E-state index contributed by atoms with van der Waals surface area (Å²) in [6.07, 6.45) is -12.0. The molecule has 130 valence electrons. The molecular formula is C12H10F6O4S. The zero-order valence-electron chi connectivity index (χ0n) is 11.6. The van der Waals surface area contributed by atoms with E-state index >= 15 is 0 Å². The monoisotopic (exact) mass is 364 g/mol. The maximum Gasteiger partial charge on any atom is 0.423 e. The lowest BCUT2D eigenvalue weighted by Gasteiger charge is -2.34. The molecule has 0 amide bonds. The fourth-order valence-electron chi connectivity index (χ4n) is 1.60. The first kappa shape index (κ1) is 19.3. The Bertz CT molecular complexity index is 570. The lowest BCUT2D eigenvalue weighted by Crippen LogP contribution is -2.60. The number of rotatable bonds is 4. The predicted octanol–water partition coefficient (Wildman–Crippen LogP) is 3.53. The number of phenolic OH excluding ortho intramolecular Hbond substituents is 1. The van der Waals surface area contributed by atoms with Gasteiger partial charge in [0, 0.05) is 6.07 Å². The summed E-state index contributed by atoms with van der Waals surface area (Å²) >= 11 is -0.818. The molecule has 23 heavy (non-hydrogen) atoms. The minimum atomic E-state index is -5.99. The van der Waals surface area contributed by atoms with Gasteiger partial charge in [-0.25, -0.2) is 4.79 Å². The van der Waals surface area contributed by atoms with Crippen LogP contribution in [0.1, 0.15) is 0 Å². The lowest BCUT2D eigenvalue weighted by molar-refractivity contribution is -0.264. The molecule has 1 aromatic carbocycles. The number of carbonyl (C=O) groups is 1. The maximum absolute atomic E-state index is 13.2. The quantitative estimate of drug-likeness (QED) is 0.503. The molecule has 4 nitrogen and oxygen atoms in total. The Hall–Kier alpha value is -1.78. The van der Waals surface area contributed by atoms with Crippen LogP contribution in [0.15, 0.2) is 23.1 Å². The van der Waals surface area contributed by atoms with E-state index in [1.54, 1.807) is 0 Å². The summed E-state index contributed by atoms with van der Waals surface area (Å²) in [6, 6.07) is 2.45. The van der Waals surface area contributed by atoms with Crippen molar-refractivity contribution in [2.24, 2.45) is 0 Å². The number of phenols is 1. The fourth-order valence-corrected chi connectivity index (χ4v) is 2.71. The number of hydrogen-bond acceptors (Lipinski definition) is 5. The van der Waals surface area contributed by atoms with Crippen LogP contribution in [0.2, 0.25) is 0 Å². The Kier molecular flexibility index (Phi) is 5.34. The lowest BCUT2D eigenvalue weighted by atomic mass is 10.1. The normalized spacial score (nSPS) is 12.9. The van der Waals surface area contributed by atoms with Crippen LogP contribution in [0.3, 0.4) is 0 Å². The summed E-state index contributed by atoms with van der Waals surface area (Å²) in [5.41, 5.74) is 0. The minimum Gasteiger partial charge on any atom is -0.508 e. The molecule has 0 heterocycles. The van der Waals surface area contributed by atoms with Gasteiger partial charge in [0.05, 0.1) is 19.1 Å². The number of halogens is 6. The summed E-state index contributed by atoms with van der Waals surface area (Å²) in [7, 11) is 1.41. The molecule has 0 fully saturated rings. The molecule has 0 saturated heterocycles. The van der Waals surface area contributed by atoms with Gasteiger partial charge in [-0.1, -0.05) is 11.8 Å². The first-order valence-electron chi connectivity index (χ1n) is 5.68. The molecule has 1 aromatic rings. The topological polar surface area (TPSA) is 55.8 Å². The number of aromatic hydroxyl groups is 1. The second-order valence-electron chi connectivity index (χ2n) is 4.11. The van der Waals surface area contributed by atoms with Crippen molar-refractivity contribution in [1.82, 2.24) is 0 Å². The maximum atomic E-state index is 13.2. The second-order valence-corrected chi connectivity index (χ2v) is 5.36. The highest BCUT2D eigenvalue weighted by Crippen LogP contribution is 2.56. The van der Waals surface area contributed by atoms with Crippen molar-refractivity contribution in [2.75, 3.05) is 14.2 Å². The second kappa shape index (κ2) is 6.38. The highest BCUT2D eigenvalue weighted by molar-refractivity contribution is 8.01. The van der Waals surface area contributed by atoms with Crippen molar-refractivity contribution in [3.05, 3.63) is 18.2 Å². The zero-order valence-corrected chi connectivity index (χ0v) is 12.4. The molecule has 0 atom stereocenters. The molecular weight excluding hydrogens is 354 g/mol. The van der Waals surface area contributed by atoms with Gasteiger partial charge < -0.3 is 14.6 Å². The van der Waals surface area contributed by atoms with Crippen LogP contribution in [0.5, 0.6) is 11.5 Å². The first-order valence-corrected chi connectivity index (χ1v) is 6.50. The van der Waals surface area contributed by atoms with Gasteiger partial charge in [-0.2, -0.15) is 26.3 Å². The highest BCUT2D eigenvalue weighted by Gasteiger charge is 2.77. The summed E-state index contributed by atoms with van der Waals surface area (Å²) in [5.74, 6) is -3.41. The number of esters is 1. The molecule has 1 N–H and O–H groups in total. The van der Waals surface area contributed by atoms with E-state index in [9.17, 15) is 36.2 Å². The molecule has 0 aromatic heterocycles. The van der Waals surface area contributed by atoms with Crippen LogP contribution in [0.4, 0.5) is 26.3 Å². The molecule has 0 saturated carbocycles. The number of thioether (sulfide) groups is 1. The van der Waals surface area contributed by atoms with Gasteiger partial charge in [-0.3, -0.25) is 0 Å². The number of hydrogen-bond donors (Lipinski definition) is 1. The number of ether oxygens (including phenoxy) is 2. The third-order valence-electron chi connectivity index (χ3n) is 2.68. The number of benzene rings is 1. The van der Waals surface area contributed by atoms with Crippen molar-refractivity contribution in [3.63, 3.8) is 0 Å². The van der Waals surface area contributed by atoms with E-state index < -0.39 is 51.2 Å². The fraction of sp³-hybridized carbons (Fsp3) is 0.417. The Morgan fingerprint density at radius 2 is 1.61 bits per heavy atom. The van der Waals surface area contributed by atoms with E-state index in [4.69, 9.17) is 0 Å². The largest absolute Gasteiger partial charge is 0.508 e. The van der Waals surface area contributed by atoms with Crippen molar-refractivity contribution in [1.29, 1.82) is 0 Å². The van der Waals surface area contributed by atoms with Crippen LogP contribution in [0.25, 0.3) is 0 Å². The van der Waals surface area contributed by atoms with Gasteiger partial charge in [0.25, 0.3) is 0 Å². The molecule has 0 aliphatic carbocycles. The molecule has 0 unspecified atom stereocenters. The minimum absolute atomic E-state index is 0.420. The van der Waals surface area contributed by atoms with Crippen LogP contribution < -0.4 is 4.74 Å². The van der Waals surface area contributed by atoms with E-state index in [1.807, 2.05) is 0 Å². The van der Waals surface area contributed by atoms with Gasteiger partial charge in [0.15, 0.2) is 0 Å². The molecule has 11 heteroatoms. The van der Waals surface area contributed by atoms with Gasteiger partial charge in [0.2, 0.25) is 0 Å². The standard InChI is InChI=1S/C12H10F6O4S/c1-21-7-5-6(19)3-4-8(7)23-10(9(20)22-2,11(13,14)15)12(16,17)18/h3-5,19H,1-2H3. The summed E-state index contributed by atoms with van der Waals surface area (Å²) in [4.78, 5) is 10.8. The number of methoxy groups -OCH3 is 2. The number of carbonyl (C=O) groups excluding carboxylic acids is 1. The van der Waals surface area contributed by atoms with Gasteiger partial charge in [-0.15, -0.1) is 0 Å². The van der Waals surface area contributed by atoms with E-state index in [0.29, 0.717) is 7.11 Å². The summed E-state index contributed by atoms with van der Waals surface area (Å²) in [6.45, 7) is 0. The van der Waals surface area contributed by atoms with Gasteiger partial charge in [0.1, 0.15) is 11.5 Å². The van der Waals surface area contributed by atoms with Crippen LogP contribution in [0, 0.1) is 0 Å². The molecule has 0 aliphatic rings. The van der Waals surface area contributed by atoms with E-state index in [2.05, 4.69) is 9.47 Å². The molecule has 1 rings (SSSR count). The average molecular weight is 364 g/mol. The zero-order chi connectivity index (χ0) is 18.1. The Balaban J connectivity index is 3.57. The highest BCUT2D eigenvalue weighted by atomic mass is 32.2. The third-order valence-corrected chi connectivity index (χ3v) is 4.17. The average Bonchev–Trinajstić information content (AvgIpc) is 2.42. The molecule has 0 radical (unpaired) electrons. The van der Waals surface area contributed by atoms with Crippen LogP contribution in [-0.2, 0) is 9.53 Å². The van der Waals surface area contributed by atoms with Gasteiger partial charge in [-0.05, 0) is 12.1 Å².